The van der Waals surface area contributed by atoms with Gasteiger partial charge in [0.1, 0.15) is 10.9 Å². The van der Waals surface area contributed by atoms with Crippen molar-refractivity contribution in [3.05, 3.63) is 10.0 Å². The molecule has 0 aromatic carbocycles. The molecule has 1 aromatic heterocycles. The summed E-state index contributed by atoms with van der Waals surface area (Å²) in [6, 6.07) is -1.18. The third-order valence-corrected chi connectivity index (χ3v) is 4.64. The monoisotopic (exact) mass is 396 g/mol. The molecule has 132 valence electrons. The number of carbonyl (C=O) groups is 1. The van der Waals surface area contributed by atoms with Crippen LogP contribution in [0.5, 0.6) is 5.19 Å². The molecule has 0 saturated heterocycles. The Balaban J connectivity index is 2.66. The van der Waals surface area contributed by atoms with Crippen LogP contribution >= 0.6 is 22.9 Å². The third-order valence-electron chi connectivity index (χ3n) is 2.15. The molecule has 0 amide bonds. The van der Waals surface area contributed by atoms with E-state index in [1.165, 1.54) is 11.6 Å². The van der Waals surface area contributed by atoms with Crippen molar-refractivity contribution in [2.45, 2.75) is 25.4 Å². The van der Waals surface area contributed by atoms with Crippen molar-refractivity contribution in [1.82, 2.24) is 9.71 Å². The number of esters is 1. The number of thiazole rings is 1. The molecule has 1 heterocycles. The molecule has 0 bridgehead atoms. The summed E-state index contributed by atoms with van der Waals surface area (Å²) in [5, 5.41) is -0.101. The minimum atomic E-state index is -5.47. The Kier molecular flexibility index (Phi) is 6.62. The lowest BCUT2D eigenvalue weighted by Crippen LogP contribution is -2.43. The summed E-state index contributed by atoms with van der Waals surface area (Å²) < 4.78 is 69.6. The Hall–Kier alpha value is -1.11. The summed E-state index contributed by atoms with van der Waals surface area (Å²) in [6.45, 7) is 2.43. The van der Waals surface area contributed by atoms with Gasteiger partial charge >= 0.3 is 21.5 Å². The first-order chi connectivity index (χ1) is 10.5. The average Bonchev–Trinajstić information content (AvgIpc) is 2.76. The lowest BCUT2D eigenvalue weighted by Gasteiger charge is -2.15. The van der Waals surface area contributed by atoms with Gasteiger partial charge in [0.15, 0.2) is 5.69 Å². The zero-order chi connectivity index (χ0) is 17.8. The molecule has 0 radical (unpaired) electrons. The van der Waals surface area contributed by atoms with Crippen LogP contribution in [-0.2, 0) is 14.8 Å². The first-order valence-electron chi connectivity index (χ1n) is 6.02. The smallest absolute Gasteiger partial charge is 0.468 e. The van der Waals surface area contributed by atoms with Gasteiger partial charge in [0, 0.05) is 0 Å². The van der Waals surface area contributed by atoms with Crippen LogP contribution in [0.3, 0.4) is 0 Å². The molecule has 0 aliphatic heterocycles. The maximum atomic E-state index is 12.2. The van der Waals surface area contributed by atoms with Crippen molar-refractivity contribution in [2.75, 3.05) is 13.2 Å². The van der Waals surface area contributed by atoms with Crippen molar-refractivity contribution < 1.29 is 35.9 Å². The minimum absolute atomic E-state index is 0.0121. The van der Waals surface area contributed by atoms with Crippen LogP contribution in [-0.4, -0.2) is 44.1 Å². The summed E-state index contributed by atoms with van der Waals surface area (Å²) in [6.07, 6.45) is 0. The van der Waals surface area contributed by atoms with Crippen molar-refractivity contribution in [1.29, 1.82) is 0 Å². The van der Waals surface area contributed by atoms with Gasteiger partial charge in [-0.2, -0.15) is 18.2 Å². The van der Waals surface area contributed by atoms with E-state index in [9.17, 15) is 26.4 Å². The quantitative estimate of drug-likeness (QED) is 0.710. The molecule has 1 N–H and O–H groups in total. The second kappa shape index (κ2) is 7.64. The van der Waals surface area contributed by atoms with Crippen LogP contribution in [0.25, 0.3) is 0 Å². The number of halogens is 4. The lowest BCUT2D eigenvalue weighted by atomic mass is 10.4. The van der Waals surface area contributed by atoms with Crippen molar-refractivity contribution in [3.8, 4) is 5.19 Å². The molecule has 0 fully saturated rings. The molecule has 0 aliphatic rings. The maximum absolute atomic E-state index is 12.2. The van der Waals surface area contributed by atoms with Gasteiger partial charge in [0.05, 0.1) is 12.6 Å². The Bertz CT molecular complexity index is 662. The lowest BCUT2D eigenvalue weighted by molar-refractivity contribution is -0.0451. The first kappa shape index (κ1) is 19.9. The Morgan fingerprint density at radius 1 is 1.48 bits per heavy atom. The topological polar surface area (TPSA) is 94.6 Å². The highest BCUT2D eigenvalue weighted by Crippen LogP contribution is 2.30. The molecule has 13 heteroatoms. The predicted octanol–water partition coefficient (Wildman–Crippen LogP) is 2.18. The Labute approximate surface area is 138 Å². The number of hydrogen-bond donors (Lipinski definition) is 1. The van der Waals surface area contributed by atoms with E-state index in [-0.39, 0.29) is 21.8 Å². The van der Waals surface area contributed by atoms with Gasteiger partial charge in [0.2, 0.25) is 0 Å². The van der Waals surface area contributed by atoms with E-state index in [0.717, 1.165) is 11.3 Å². The second-order valence-corrected chi connectivity index (χ2v) is 7.37. The fourth-order valence-corrected chi connectivity index (χ4v) is 2.92. The highest BCUT2D eigenvalue weighted by molar-refractivity contribution is 7.90. The van der Waals surface area contributed by atoms with E-state index >= 15 is 0 Å². The van der Waals surface area contributed by atoms with Gasteiger partial charge in [-0.05, 0) is 13.8 Å². The van der Waals surface area contributed by atoms with Crippen LogP contribution in [0.2, 0.25) is 4.34 Å². The molecule has 1 atom stereocenters. The summed E-state index contributed by atoms with van der Waals surface area (Å²) in [5.74, 6) is -0.769. The van der Waals surface area contributed by atoms with Crippen LogP contribution < -0.4 is 9.46 Å². The molecule has 0 unspecified atom stereocenters. The number of carbonyl (C=O) groups excluding carboxylic acids is 1. The number of nitrogens with one attached hydrogen (secondary N) is 1. The van der Waals surface area contributed by atoms with Crippen molar-refractivity contribution in [3.63, 3.8) is 0 Å². The molecule has 0 saturated carbocycles. The summed E-state index contributed by atoms with van der Waals surface area (Å²) in [5.41, 5.74) is -5.60. The van der Waals surface area contributed by atoms with Crippen molar-refractivity contribution in [2.24, 2.45) is 0 Å². The highest BCUT2D eigenvalue weighted by atomic mass is 35.5. The number of nitrogens with zero attached hydrogens (tertiary/aromatic N) is 1. The molecule has 1 aromatic rings. The molecule has 23 heavy (non-hydrogen) atoms. The summed E-state index contributed by atoms with van der Waals surface area (Å²) in [4.78, 5) is 15.2. The SMILES string of the molecule is CCOC(=O)c1nc(OC[C@H](C)NS(=O)(=O)C(F)(F)F)sc1Cl. The van der Waals surface area contributed by atoms with Gasteiger partial charge in [-0.1, -0.05) is 22.9 Å². The van der Waals surface area contributed by atoms with Gasteiger partial charge in [0.25, 0.3) is 5.19 Å². The standard InChI is InChI=1S/C10H12ClF3N2O5S2/c1-3-20-8(17)6-7(11)22-9(15-6)21-4-5(2)16-23(18,19)10(12,13)14/h5,16H,3-4H2,1-2H3/t5-/m0/s1. The summed E-state index contributed by atoms with van der Waals surface area (Å²) >= 11 is 6.54. The number of aromatic nitrogens is 1. The van der Waals surface area contributed by atoms with Gasteiger partial charge in [-0.3, -0.25) is 0 Å². The predicted molar refractivity (Wildman–Crippen MR) is 76.1 cm³/mol. The number of rotatable bonds is 7. The zero-order valence-electron chi connectivity index (χ0n) is 11.8. The van der Waals surface area contributed by atoms with Crippen LogP contribution in [0, 0.1) is 0 Å². The van der Waals surface area contributed by atoms with Crippen LogP contribution in [0.4, 0.5) is 13.2 Å². The molecule has 0 aliphatic carbocycles. The molecule has 1 rings (SSSR count). The first-order valence-corrected chi connectivity index (χ1v) is 8.70. The fraction of sp³-hybridized carbons (Fsp3) is 0.600. The third kappa shape index (κ3) is 5.48. The normalized spacial score (nSPS) is 13.7. The van der Waals surface area contributed by atoms with E-state index in [1.807, 2.05) is 0 Å². The number of hydrogen-bond acceptors (Lipinski definition) is 7. The van der Waals surface area contributed by atoms with Crippen molar-refractivity contribution >= 4 is 38.9 Å². The summed E-state index contributed by atoms with van der Waals surface area (Å²) in [7, 11) is -5.47. The van der Waals surface area contributed by atoms with Crippen LogP contribution in [0.15, 0.2) is 0 Å². The van der Waals surface area contributed by atoms with E-state index in [2.05, 4.69) is 4.98 Å². The molecule has 7 nitrogen and oxygen atoms in total. The number of alkyl halides is 3. The van der Waals surface area contributed by atoms with E-state index < -0.39 is 34.1 Å². The zero-order valence-corrected chi connectivity index (χ0v) is 14.2. The van der Waals surface area contributed by atoms with E-state index in [0.29, 0.717) is 0 Å². The Morgan fingerprint density at radius 2 is 2.09 bits per heavy atom. The fourth-order valence-electron chi connectivity index (χ4n) is 1.23. The highest BCUT2D eigenvalue weighted by Gasteiger charge is 2.46. The molecular formula is C10H12ClF3N2O5S2. The van der Waals surface area contributed by atoms with Gasteiger partial charge in [-0.15, -0.1) is 0 Å². The molecular weight excluding hydrogens is 385 g/mol. The van der Waals surface area contributed by atoms with E-state index in [1.54, 1.807) is 6.92 Å². The van der Waals surface area contributed by atoms with E-state index in [4.69, 9.17) is 21.1 Å². The average molecular weight is 397 g/mol. The number of sulfonamides is 1. The minimum Gasteiger partial charge on any atom is -0.468 e. The van der Waals surface area contributed by atoms with Gasteiger partial charge < -0.3 is 9.47 Å². The Morgan fingerprint density at radius 3 is 2.61 bits per heavy atom. The maximum Gasteiger partial charge on any atom is 0.511 e. The second-order valence-electron chi connectivity index (χ2n) is 4.10. The number of ether oxygens (including phenoxy) is 2. The molecule has 0 spiro atoms. The largest absolute Gasteiger partial charge is 0.511 e. The van der Waals surface area contributed by atoms with Gasteiger partial charge in [-0.25, -0.2) is 17.9 Å². The van der Waals surface area contributed by atoms with Crippen LogP contribution in [0.1, 0.15) is 24.3 Å².